The second kappa shape index (κ2) is 9.60. The van der Waals surface area contributed by atoms with Crippen LogP contribution in [0.5, 0.6) is 0 Å². The van der Waals surface area contributed by atoms with Gasteiger partial charge in [-0.1, -0.05) is 48.5 Å². The first-order chi connectivity index (χ1) is 14.4. The molecular formula is C22H23N3O5. The second-order valence-electron chi connectivity index (χ2n) is 6.89. The monoisotopic (exact) mass is 409 g/mol. The lowest BCUT2D eigenvalue weighted by Gasteiger charge is -2.18. The quantitative estimate of drug-likeness (QED) is 0.456. The third-order valence-electron chi connectivity index (χ3n) is 4.65. The van der Waals surface area contributed by atoms with Crippen molar-refractivity contribution in [2.24, 2.45) is 0 Å². The summed E-state index contributed by atoms with van der Waals surface area (Å²) in [6.07, 6.45) is 1.08. The predicted molar refractivity (Wildman–Crippen MR) is 111 cm³/mol. The molecule has 0 saturated heterocycles. The van der Waals surface area contributed by atoms with E-state index in [-0.39, 0.29) is 13.0 Å². The summed E-state index contributed by atoms with van der Waals surface area (Å²) in [5, 5.41) is 15.3. The number of carbonyl (C=O) groups excluding carboxylic acids is 2. The molecule has 0 bridgehead atoms. The molecule has 30 heavy (non-hydrogen) atoms. The van der Waals surface area contributed by atoms with Gasteiger partial charge < -0.3 is 25.5 Å². The topological polar surface area (TPSA) is 121 Å². The summed E-state index contributed by atoms with van der Waals surface area (Å²) >= 11 is 0. The molecule has 1 heterocycles. The van der Waals surface area contributed by atoms with Crippen molar-refractivity contribution in [3.8, 4) is 0 Å². The fraction of sp³-hybridized carbons (Fsp3) is 0.227. The molecule has 0 aliphatic heterocycles. The number of aromatic nitrogens is 1. The zero-order valence-corrected chi connectivity index (χ0v) is 16.4. The number of carboxylic acids is 1. The maximum absolute atomic E-state index is 12.4. The number of alkyl carbamates (subject to hydrolysis) is 1. The molecule has 2 amide bonds. The van der Waals surface area contributed by atoms with Crippen LogP contribution in [0, 0.1) is 0 Å². The summed E-state index contributed by atoms with van der Waals surface area (Å²) in [6, 6.07) is 14.5. The molecule has 3 rings (SSSR count). The van der Waals surface area contributed by atoms with Gasteiger partial charge in [0.05, 0.1) is 0 Å². The Hall–Kier alpha value is -3.81. The van der Waals surface area contributed by atoms with Crippen LogP contribution in [0.1, 0.15) is 18.1 Å². The van der Waals surface area contributed by atoms with Gasteiger partial charge in [0.1, 0.15) is 18.7 Å². The van der Waals surface area contributed by atoms with Crippen molar-refractivity contribution in [1.29, 1.82) is 0 Å². The first kappa shape index (κ1) is 20.9. The van der Waals surface area contributed by atoms with Gasteiger partial charge >= 0.3 is 12.1 Å². The minimum atomic E-state index is -1.16. The fourth-order valence-corrected chi connectivity index (χ4v) is 3.02. The van der Waals surface area contributed by atoms with Gasteiger partial charge in [-0.25, -0.2) is 9.59 Å². The Morgan fingerprint density at radius 2 is 1.73 bits per heavy atom. The number of benzene rings is 2. The molecular weight excluding hydrogens is 386 g/mol. The number of aromatic amines is 1. The third-order valence-corrected chi connectivity index (χ3v) is 4.65. The Morgan fingerprint density at radius 1 is 1.03 bits per heavy atom. The normalized spacial score (nSPS) is 12.7. The van der Waals surface area contributed by atoms with Crippen molar-refractivity contribution < 1.29 is 24.2 Å². The average molecular weight is 409 g/mol. The molecule has 4 N–H and O–H groups in total. The van der Waals surface area contributed by atoms with E-state index in [0.717, 1.165) is 22.0 Å². The van der Waals surface area contributed by atoms with Gasteiger partial charge in [0.25, 0.3) is 0 Å². The van der Waals surface area contributed by atoms with Gasteiger partial charge in [0, 0.05) is 23.5 Å². The van der Waals surface area contributed by atoms with Crippen LogP contribution in [-0.2, 0) is 27.4 Å². The Morgan fingerprint density at radius 3 is 2.47 bits per heavy atom. The lowest BCUT2D eigenvalue weighted by Crippen LogP contribution is -2.51. The number of nitrogens with one attached hydrogen (secondary N) is 3. The number of carbonyl (C=O) groups is 3. The highest BCUT2D eigenvalue weighted by molar-refractivity contribution is 5.90. The maximum Gasteiger partial charge on any atom is 0.408 e. The molecule has 0 unspecified atom stereocenters. The molecule has 0 saturated carbocycles. The minimum absolute atomic E-state index is 0.0688. The van der Waals surface area contributed by atoms with Crippen LogP contribution in [0.3, 0.4) is 0 Å². The number of fused-ring (bicyclic) bond motifs is 1. The molecule has 3 aromatic rings. The molecule has 0 spiro atoms. The number of hydrogen-bond acceptors (Lipinski definition) is 4. The van der Waals surface area contributed by atoms with E-state index in [9.17, 15) is 19.5 Å². The van der Waals surface area contributed by atoms with Crippen LogP contribution in [-0.4, -0.2) is 40.1 Å². The average Bonchev–Trinajstić information content (AvgIpc) is 3.15. The number of carboxylic acid groups (broad SMARTS) is 1. The number of H-pyrrole nitrogens is 1. The molecule has 1 aromatic heterocycles. The molecule has 156 valence electrons. The van der Waals surface area contributed by atoms with Gasteiger partial charge in [0.2, 0.25) is 5.91 Å². The van der Waals surface area contributed by atoms with Crippen molar-refractivity contribution in [2.75, 3.05) is 0 Å². The van der Waals surface area contributed by atoms with Crippen LogP contribution in [0.2, 0.25) is 0 Å². The van der Waals surface area contributed by atoms with E-state index >= 15 is 0 Å². The van der Waals surface area contributed by atoms with Crippen molar-refractivity contribution in [1.82, 2.24) is 15.6 Å². The van der Waals surface area contributed by atoms with E-state index < -0.39 is 30.1 Å². The molecule has 0 aliphatic carbocycles. The first-order valence-electron chi connectivity index (χ1n) is 9.49. The summed E-state index contributed by atoms with van der Waals surface area (Å²) in [7, 11) is 0. The third kappa shape index (κ3) is 5.38. The standard InChI is InChI=1S/C22H23N3O5/c1-14(24-22(29)30-13-15-7-3-2-4-8-15)20(26)25-19(21(27)28)11-16-12-23-18-10-6-5-9-17(16)18/h2-10,12,14,19,23H,11,13H2,1H3,(H,24,29)(H,25,26)(H,27,28)/t14-,19-/m1/s1. The lowest BCUT2D eigenvalue weighted by atomic mass is 10.0. The Bertz CT molecular complexity index is 1030. The highest BCUT2D eigenvalue weighted by atomic mass is 16.5. The zero-order valence-electron chi connectivity index (χ0n) is 16.4. The van der Waals surface area contributed by atoms with E-state index in [1.54, 1.807) is 6.20 Å². The minimum Gasteiger partial charge on any atom is -0.480 e. The van der Waals surface area contributed by atoms with E-state index in [2.05, 4.69) is 15.6 Å². The van der Waals surface area contributed by atoms with Crippen molar-refractivity contribution in [2.45, 2.75) is 32.0 Å². The summed E-state index contributed by atoms with van der Waals surface area (Å²) < 4.78 is 5.08. The number of para-hydroxylation sites is 1. The van der Waals surface area contributed by atoms with Crippen molar-refractivity contribution >= 4 is 28.9 Å². The van der Waals surface area contributed by atoms with Crippen molar-refractivity contribution in [3.63, 3.8) is 0 Å². The summed E-state index contributed by atoms with van der Waals surface area (Å²) in [5.74, 6) is -1.77. The van der Waals surface area contributed by atoms with Gasteiger partial charge in [-0.2, -0.15) is 0 Å². The number of rotatable bonds is 8. The number of ether oxygens (including phenoxy) is 1. The smallest absolute Gasteiger partial charge is 0.408 e. The first-order valence-corrected chi connectivity index (χ1v) is 9.49. The van der Waals surface area contributed by atoms with Crippen LogP contribution in [0.4, 0.5) is 4.79 Å². The maximum atomic E-state index is 12.4. The summed E-state index contributed by atoms with van der Waals surface area (Å²) in [5.41, 5.74) is 2.48. The molecule has 0 radical (unpaired) electrons. The largest absolute Gasteiger partial charge is 0.480 e. The summed E-state index contributed by atoms with van der Waals surface area (Å²) in [4.78, 5) is 39.1. The highest BCUT2D eigenvalue weighted by Gasteiger charge is 2.25. The van der Waals surface area contributed by atoms with Crippen LogP contribution >= 0.6 is 0 Å². The Labute approximate surface area is 173 Å². The van der Waals surface area contributed by atoms with Crippen LogP contribution in [0.15, 0.2) is 60.8 Å². The molecule has 8 heteroatoms. The molecule has 0 aliphatic rings. The van der Waals surface area contributed by atoms with Gasteiger partial charge in [0.15, 0.2) is 0 Å². The molecule has 2 aromatic carbocycles. The Kier molecular flexibility index (Phi) is 6.69. The molecule has 8 nitrogen and oxygen atoms in total. The van der Waals surface area contributed by atoms with E-state index in [4.69, 9.17) is 4.74 Å². The lowest BCUT2D eigenvalue weighted by molar-refractivity contribution is -0.142. The second-order valence-corrected chi connectivity index (χ2v) is 6.89. The number of amides is 2. The SMILES string of the molecule is C[C@@H](NC(=O)OCc1ccccc1)C(=O)N[C@H](Cc1c[nH]c2ccccc12)C(=O)O. The zero-order chi connectivity index (χ0) is 21.5. The van der Waals surface area contributed by atoms with E-state index in [1.165, 1.54) is 6.92 Å². The summed E-state index contributed by atoms with van der Waals surface area (Å²) in [6.45, 7) is 1.53. The van der Waals surface area contributed by atoms with Gasteiger partial charge in [-0.05, 0) is 24.1 Å². The van der Waals surface area contributed by atoms with Gasteiger partial charge in [-0.15, -0.1) is 0 Å². The van der Waals surface area contributed by atoms with E-state index in [1.807, 2.05) is 54.6 Å². The molecule has 0 fully saturated rings. The van der Waals surface area contributed by atoms with E-state index in [0.29, 0.717) is 0 Å². The number of aliphatic carboxylic acids is 1. The van der Waals surface area contributed by atoms with Crippen LogP contribution in [0.25, 0.3) is 10.9 Å². The highest BCUT2D eigenvalue weighted by Crippen LogP contribution is 2.19. The van der Waals surface area contributed by atoms with Crippen molar-refractivity contribution in [3.05, 3.63) is 71.9 Å². The van der Waals surface area contributed by atoms with Crippen LogP contribution < -0.4 is 10.6 Å². The molecule has 2 atom stereocenters. The fourth-order valence-electron chi connectivity index (χ4n) is 3.02. The predicted octanol–water partition coefficient (Wildman–Crippen LogP) is 2.59. The Balaban J connectivity index is 1.55. The van der Waals surface area contributed by atoms with Gasteiger partial charge in [-0.3, -0.25) is 4.79 Å². The number of hydrogen-bond donors (Lipinski definition) is 4.